The second kappa shape index (κ2) is 4.25. The van der Waals surface area contributed by atoms with E-state index < -0.39 is 11.6 Å². The molecule has 1 fully saturated rings. The molecule has 0 N–H and O–H groups in total. The molecule has 2 heterocycles. The molecule has 1 aromatic heterocycles. The summed E-state index contributed by atoms with van der Waals surface area (Å²) in [6.45, 7) is 0.418. The Balaban J connectivity index is 2.27. The Morgan fingerprint density at radius 3 is 2.59 bits per heavy atom. The first kappa shape index (κ1) is 12.3. The van der Waals surface area contributed by atoms with E-state index in [4.69, 9.17) is 11.6 Å². The minimum Gasteiger partial charge on any atom is -0.357 e. The Labute approximate surface area is 102 Å². The summed E-state index contributed by atoms with van der Waals surface area (Å²) in [7, 11) is 1.55. The van der Waals surface area contributed by atoms with Gasteiger partial charge in [0.05, 0.1) is 0 Å². The summed E-state index contributed by atoms with van der Waals surface area (Å²) in [5, 5.41) is 0.0837. The third-order valence-electron chi connectivity index (χ3n) is 2.90. The predicted octanol–water partition coefficient (Wildman–Crippen LogP) is 1.67. The maximum atomic E-state index is 13.0. The Morgan fingerprint density at radius 2 is 2.00 bits per heavy atom. The van der Waals surface area contributed by atoms with Gasteiger partial charge in [0.2, 0.25) is 0 Å². The summed E-state index contributed by atoms with van der Waals surface area (Å²) >= 11 is 5.70. The largest absolute Gasteiger partial charge is 0.357 e. The molecular formula is C10H12ClF2N3O. The third-order valence-corrected chi connectivity index (χ3v) is 3.09. The van der Waals surface area contributed by atoms with Gasteiger partial charge in [-0.05, 0) is 0 Å². The van der Waals surface area contributed by atoms with Gasteiger partial charge in [-0.1, -0.05) is 11.6 Å². The van der Waals surface area contributed by atoms with Gasteiger partial charge in [-0.25, -0.2) is 13.6 Å². The topological polar surface area (TPSA) is 38.1 Å². The number of alkyl halides is 2. The van der Waals surface area contributed by atoms with Crippen LogP contribution in [0.25, 0.3) is 0 Å². The van der Waals surface area contributed by atoms with E-state index in [1.165, 1.54) is 10.6 Å². The van der Waals surface area contributed by atoms with Crippen LogP contribution in [0.3, 0.4) is 0 Å². The monoisotopic (exact) mass is 263 g/mol. The molecule has 0 unspecified atom stereocenters. The van der Waals surface area contributed by atoms with Crippen molar-refractivity contribution in [3.8, 4) is 0 Å². The summed E-state index contributed by atoms with van der Waals surface area (Å²) in [5.74, 6) is -2.07. The molecule has 94 valence electrons. The zero-order chi connectivity index (χ0) is 12.6. The summed E-state index contributed by atoms with van der Waals surface area (Å²) in [4.78, 5) is 16.7. The van der Waals surface area contributed by atoms with Crippen molar-refractivity contribution in [2.24, 2.45) is 7.05 Å². The molecule has 4 nitrogen and oxygen atoms in total. The maximum Gasteiger partial charge on any atom is 0.350 e. The van der Waals surface area contributed by atoms with E-state index in [9.17, 15) is 13.6 Å². The van der Waals surface area contributed by atoms with Crippen LogP contribution in [0, 0.1) is 0 Å². The molecule has 0 radical (unpaired) electrons. The molecule has 1 aromatic rings. The van der Waals surface area contributed by atoms with Crippen LogP contribution in [0.5, 0.6) is 0 Å². The lowest BCUT2D eigenvalue weighted by Crippen LogP contribution is -2.41. The normalized spacial score (nSPS) is 19.4. The Bertz CT molecular complexity index is 479. The fourth-order valence-electron chi connectivity index (χ4n) is 1.87. The first-order chi connectivity index (χ1) is 7.89. The van der Waals surface area contributed by atoms with E-state index in [0.29, 0.717) is 5.82 Å². The quantitative estimate of drug-likeness (QED) is 0.724. The molecule has 1 saturated heterocycles. The molecule has 1 aliphatic heterocycles. The number of anilines is 1. The fourth-order valence-corrected chi connectivity index (χ4v) is 2.04. The van der Waals surface area contributed by atoms with Crippen LogP contribution in [0.15, 0.2) is 10.9 Å². The van der Waals surface area contributed by atoms with Crippen molar-refractivity contribution in [2.45, 2.75) is 18.8 Å². The van der Waals surface area contributed by atoms with Gasteiger partial charge in [0.1, 0.15) is 11.0 Å². The number of hydrogen-bond acceptors (Lipinski definition) is 3. The molecule has 0 aromatic carbocycles. The van der Waals surface area contributed by atoms with Gasteiger partial charge in [0, 0.05) is 39.0 Å². The fraction of sp³-hybridized carbons (Fsp3) is 0.600. The number of nitrogens with zero attached hydrogens (tertiary/aromatic N) is 3. The lowest BCUT2D eigenvalue weighted by molar-refractivity contribution is -0.0222. The van der Waals surface area contributed by atoms with Crippen LogP contribution in [-0.2, 0) is 7.05 Å². The zero-order valence-electron chi connectivity index (χ0n) is 9.29. The molecule has 2 rings (SSSR count). The molecule has 0 bridgehead atoms. The summed E-state index contributed by atoms with van der Waals surface area (Å²) < 4.78 is 27.4. The van der Waals surface area contributed by atoms with Gasteiger partial charge in [0.25, 0.3) is 5.92 Å². The molecule has 0 atom stereocenters. The van der Waals surface area contributed by atoms with Crippen molar-refractivity contribution in [3.63, 3.8) is 0 Å². The van der Waals surface area contributed by atoms with Crippen LogP contribution < -0.4 is 10.6 Å². The molecule has 0 amide bonds. The van der Waals surface area contributed by atoms with E-state index in [-0.39, 0.29) is 31.1 Å². The van der Waals surface area contributed by atoms with Crippen molar-refractivity contribution in [3.05, 3.63) is 21.7 Å². The summed E-state index contributed by atoms with van der Waals surface area (Å²) in [6, 6.07) is 1.52. The SMILES string of the molecule is Cn1c(N2CCC(F)(F)CC2)cc(Cl)nc1=O. The Morgan fingerprint density at radius 1 is 1.41 bits per heavy atom. The van der Waals surface area contributed by atoms with Gasteiger partial charge in [-0.3, -0.25) is 4.57 Å². The standard InChI is InChI=1S/C10H12ClF2N3O/c1-15-8(6-7(11)14-9(15)17)16-4-2-10(12,13)3-5-16/h6H,2-5H2,1H3. The van der Waals surface area contributed by atoms with Gasteiger partial charge < -0.3 is 4.90 Å². The first-order valence-corrected chi connectivity index (χ1v) is 5.63. The van der Waals surface area contributed by atoms with Crippen molar-refractivity contribution >= 4 is 17.4 Å². The van der Waals surface area contributed by atoms with E-state index in [2.05, 4.69) is 4.98 Å². The first-order valence-electron chi connectivity index (χ1n) is 5.25. The minimum atomic E-state index is -2.60. The van der Waals surface area contributed by atoms with Crippen LogP contribution in [-0.4, -0.2) is 28.6 Å². The highest BCUT2D eigenvalue weighted by atomic mass is 35.5. The van der Waals surface area contributed by atoms with E-state index in [1.54, 1.807) is 11.9 Å². The molecule has 0 aliphatic carbocycles. The van der Waals surface area contributed by atoms with Gasteiger partial charge >= 0.3 is 5.69 Å². The van der Waals surface area contributed by atoms with Crippen molar-refractivity contribution < 1.29 is 8.78 Å². The van der Waals surface area contributed by atoms with Gasteiger partial charge in [-0.2, -0.15) is 4.98 Å². The number of piperidine rings is 1. The number of hydrogen-bond donors (Lipinski definition) is 0. The smallest absolute Gasteiger partial charge is 0.350 e. The molecule has 1 aliphatic rings. The Hall–Kier alpha value is -1.17. The lowest BCUT2D eigenvalue weighted by Gasteiger charge is -2.33. The van der Waals surface area contributed by atoms with Gasteiger partial charge in [-0.15, -0.1) is 0 Å². The molecule has 17 heavy (non-hydrogen) atoms. The summed E-state index contributed by atoms with van der Waals surface area (Å²) in [6.07, 6.45) is -0.414. The third kappa shape index (κ3) is 2.57. The molecule has 0 saturated carbocycles. The number of aromatic nitrogens is 2. The van der Waals surface area contributed by atoms with Crippen molar-refractivity contribution in [2.75, 3.05) is 18.0 Å². The average molecular weight is 264 g/mol. The van der Waals surface area contributed by atoms with E-state index in [0.717, 1.165) is 0 Å². The second-order valence-corrected chi connectivity index (χ2v) is 4.51. The second-order valence-electron chi connectivity index (χ2n) is 4.12. The predicted molar refractivity (Wildman–Crippen MR) is 60.9 cm³/mol. The van der Waals surface area contributed by atoms with Crippen LogP contribution in [0.2, 0.25) is 5.15 Å². The summed E-state index contributed by atoms with van der Waals surface area (Å²) in [5.41, 5.74) is -0.482. The maximum absolute atomic E-state index is 13.0. The molecule has 7 heteroatoms. The minimum absolute atomic E-state index is 0.0837. The van der Waals surface area contributed by atoms with Crippen LogP contribution in [0.1, 0.15) is 12.8 Å². The average Bonchev–Trinajstić information content (AvgIpc) is 2.24. The van der Waals surface area contributed by atoms with E-state index in [1.807, 2.05) is 0 Å². The highest BCUT2D eigenvalue weighted by Gasteiger charge is 2.34. The molecular weight excluding hydrogens is 252 g/mol. The van der Waals surface area contributed by atoms with Crippen LogP contribution in [0.4, 0.5) is 14.6 Å². The highest BCUT2D eigenvalue weighted by molar-refractivity contribution is 6.29. The van der Waals surface area contributed by atoms with Crippen molar-refractivity contribution in [1.29, 1.82) is 0 Å². The Kier molecular flexibility index (Phi) is 3.07. The van der Waals surface area contributed by atoms with Crippen molar-refractivity contribution in [1.82, 2.24) is 9.55 Å². The van der Waals surface area contributed by atoms with Gasteiger partial charge in [0.15, 0.2) is 0 Å². The number of halogens is 3. The zero-order valence-corrected chi connectivity index (χ0v) is 10.0. The highest BCUT2D eigenvalue weighted by Crippen LogP contribution is 2.30. The number of rotatable bonds is 1. The molecule has 0 spiro atoms. The lowest BCUT2D eigenvalue weighted by atomic mass is 10.1. The van der Waals surface area contributed by atoms with Crippen LogP contribution >= 0.6 is 11.6 Å². The van der Waals surface area contributed by atoms with E-state index >= 15 is 0 Å².